The first-order chi connectivity index (χ1) is 8.13. The molecule has 0 radical (unpaired) electrons. The molecule has 0 saturated heterocycles. The third-order valence-corrected chi connectivity index (χ3v) is 2.16. The Morgan fingerprint density at radius 2 is 2.24 bits per heavy atom. The lowest BCUT2D eigenvalue weighted by atomic mass is 10.2. The number of hydrogen-bond donors (Lipinski definition) is 1. The molecule has 0 aliphatic carbocycles. The van der Waals surface area contributed by atoms with E-state index in [0.29, 0.717) is 29.5 Å². The van der Waals surface area contributed by atoms with E-state index in [1.54, 1.807) is 25.3 Å². The molecule has 92 valence electrons. The van der Waals surface area contributed by atoms with E-state index in [-0.39, 0.29) is 0 Å². The molecule has 1 rings (SSSR count). The topological polar surface area (TPSA) is 55.8 Å². The number of carboxylic acid groups (broad SMARTS) is 1. The third-order valence-electron chi connectivity index (χ3n) is 1.92. The molecule has 0 saturated carbocycles. The number of carbonyl (C=O) groups is 1. The summed E-state index contributed by atoms with van der Waals surface area (Å²) >= 11 is 5.83. The monoisotopic (exact) mass is 256 g/mol. The highest BCUT2D eigenvalue weighted by molar-refractivity contribution is 6.30. The van der Waals surface area contributed by atoms with Crippen LogP contribution in [0, 0.1) is 0 Å². The van der Waals surface area contributed by atoms with Gasteiger partial charge in [0.15, 0.2) is 0 Å². The van der Waals surface area contributed by atoms with Crippen molar-refractivity contribution in [3.63, 3.8) is 0 Å². The molecule has 0 bridgehead atoms. The van der Waals surface area contributed by atoms with Gasteiger partial charge in [-0.25, -0.2) is 4.79 Å². The molecule has 0 spiro atoms. The van der Waals surface area contributed by atoms with E-state index in [1.807, 2.05) is 0 Å². The Labute approximate surface area is 104 Å². The number of aliphatic carboxylic acids is 1. The van der Waals surface area contributed by atoms with Gasteiger partial charge in [-0.1, -0.05) is 11.6 Å². The minimum atomic E-state index is -1.02. The summed E-state index contributed by atoms with van der Waals surface area (Å²) in [5.41, 5.74) is 0.621. The molecule has 0 aliphatic heterocycles. The van der Waals surface area contributed by atoms with Crippen LogP contribution in [0.1, 0.15) is 5.56 Å². The van der Waals surface area contributed by atoms with Gasteiger partial charge in [-0.2, -0.15) is 0 Å². The van der Waals surface area contributed by atoms with Crippen LogP contribution in [-0.2, 0) is 9.53 Å². The van der Waals surface area contributed by atoms with Gasteiger partial charge in [-0.15, -0.1) is 0 Å². The van der Waals surface area contributed by atoms with Crippen LogP contribution in [0.4, 0.5) is 0 Å². The fourth-order valence-corrected chi connectivity index (χ4v) is 1.36. The van der Waals surface area contributed by atoms with Crippen LogP contribution in [0.3, 0.4) is 0 Å². The van der Waals surface area contributed by atoms with Crippen LogP contribution < -0.4 is 4.74 Å². The maximum absolute atomic E-state index is 10.4. The molecular formula is C12H13ClO4. The van der Waals surface area contributed by atoms with Crippen molar-refractivity contribution in [3.8, 4) is 5.75 Å². The lowest BCUT2D eigenvalue weighted by Crippen LogP contribution is -2.05. The smallest absolute Gasteiger partial charge is 0.328 e. The Balaban J connectivity index is 2.83. The SMILES string of the molecule is COCCOc1ccc(Cl)cc1/C=C/C(=O)O. The minimum absolute atomic E-state index is 0.395. The van der Waals surface area contributed by atoms with Gasteiger partial charge in [-0.05, 0) is 24.3 Å². The molecular weight excluding hydrogens is 244 g/mol. The van der Waals surface area contributed by atoms with Gasteiger partial charge >= 0.3 is 5.97 Å². The van der Waals surface area contributed by atoms with Crippen LogP contribution in [-0.4, -0.2) is 31.4 Å². The number of ether oxygens (including phenoxy) is 2. The van der Waals surface area contributed by atoms with E-state index in [0.717, 1.165) is 6.08 Å². The fourth-order valence-electron chi connectivity index (χ4n) is 1.18. The zero-order valence-electron chi connectivity index (χ0n) is 9.35. The Hall–Kier alpha value is -1.52. The second-order valence-corrected chi connectivity index (χ2v) is 3.63. The maximum atomic E-state index is 10.4. The summed E-state index contributed by atoms with van der Waals surface area (Å²) < 4.78 is 10.3. The van der Waals surface area contributed by atoms with E-state index in [9.17, 15) is 4.79 Å². The molecule has 0 heterocycles. The summed E-state index contributed by atoms with van der Waals surface area (Å²) in [6, 6.07) is 5.02. The highest BCUT2D eigenvalue weighted by Crippen LogP contribution is 2.24. The summed E-state index contributed by atoms with van der Waals surface area (Å²) in [5, 5.41) is 9.09. The van der Waals surface area contributed by atoms with Gasteiger partial charge in [0.2, 0.25) is 0 Å². The number of carboxylic acids is 1. The Morgan fingerprint density at radius 1 is 1.47 bits per heavy atom. The average Bonchev–Trinajstić information content (AvgIpc) is 2.29. The highest BCUT2D eigenvalue weighted by atomic mass is 35.5. The first-order valence-electron chi connectivity index (χ1n) is 4.96. The molecule has 0 unspecified atom stereocenters. The number of benzene rings is 1. The van der Waals surface area contributed by atoms with E-state index in [2.05, 4.69) is 0 Å². The summed E-state index contributed by atoms with van der Waals surface area (Å²) in [4.78, 5) is 10.4. The number of rotatable bonds is 6. The standard InChI is InChI=1S/C12H13ClO4/c1-16-6-7-17-11-4-3-10(13)8-9(11)2-5-12(14)15/h2-5,8H,6-7H2,1H3,(H,14,15)/b5-2+. The van der Waals surface area contributed by atoms with Gasteiger partial charge in [0, 0.05) is 23.8 Å². The van der Waals surface area contributed by atoms with Crippen molar-refractivity contribution in [2.45, 2.75) is 0 Å². The molecule has 1 N–H and O–H groups in total. The van der Waals surface area contributed by atoms with Crippen molar-refractivity contribution in [1.29, 1.82) is 0 Å². The quantitative estimate of drug-likeness (QED) is 0.627. The summed E-state index contributed by atoms with van der Waals surface area (Å²) in [5.74, 6) is -0.447. The zero-order chi connectivity index (χ0) is 12.7. The zero-order valence-corrected chi connectivity index (χ0v) is 10.1. The Kier molecular flexibility index (Phi) is 5.52. The van der Waals surface area contributed by atoms with E-state index < -0.39 is 5.97 Å². The van der Waals surface area contributed by atoms with Crippen molar-refractivity contribution in [2.75, 3.05) is 20.3 Å². The molecule has 0 fully saturated rings. The molecule has 17 heavy (non-hydrogen) atoms. The van der Waals surface area contributed by atoms with Crippen molar-refractivity contribution in [2.24, 2.45) is 0 Å². The molecule has 0 aromatic heterocycles. The average molecular weight is 257 g/mol. The predicted octanol–water partition coefficient (Wildman–Crippen LogP) is 2.46. The molecule has 1 aromatic rings. The highest BCUT2D eigenvalue weighted by Gasteiger charge is 2.02. The van der Waals surface area contributed by atoms with E-state index >= 15 is 0 Å². The van der Waals surface area contributed by atoms with Crippen molar-refractivity contribution < 1.29 is 19.4 Å². The van der Waals surface area contributed by atoms with Crippen LogP contribution >= 0.6 is 11.6 Å². The van der Waals surface area contributed by atoms with Crippen molar-refractivity contribution in [3.05, 3.63) is 34.9 Å². The number of hydrogen-bond acceptors (Lipinski definition) is 3. The Bertz CT molecular complexity index is 415. The van der Waals surface area contributed by atoms with Gasteiger partial charge < -0.3 is 14.6 Å². The molecule has 0 aliphatic rings. The van der Waals surface area contributed by atoms with Crippen LogP contribution in [0.2, 0.25) is 5.02 Å². The summed E-state index contributed by atoms with van der Waals surface area (Å²) in [6.45, 7) is 0.858. The fraction of sp³-hybridized carbons (Fsp3) is 0.250. The normalized spacial score (nSPS) is 10.7. The van der Waals surface area contributed by atoms with Gasteiger partial charge in [0.05, 0.1) is 6.61 Å². The largest absolute Gasteiger partial charge is 0.491 e. The van der Waals surface area contributed by atoms with Crippen molar-refractivity contribution >= 4 is 23.6 Å². The van der Waals surface area contributed by atoms with E-state index in [1.165, 1.54) is 6.08 Å². The molecule has 1 aromatic carbocycles. The maximum Gasteiger partial charge on any atom is 0.328 e. The van der Waals surface area contributed by atoms with Gasteiger partial charge in [-0.3, -0.25) is 0 Å². The third kappa shape index (κ3) is 4.89. The van der Waals surface area contributed by atoms with Gasteiger partial charge in [0.1, 0.15) is 12.4 Å². The summed E-state index contributed by atoms with van der Waals surface area (Å²) in [7, 11) is 1.58. The second-order valence-electron chi connectivity index (χ2n) is 3.19. The van der Waals surface area contributed by atoms with Crippen LogP contribution in [0.25, 0.3) is 6.08 Å². The minimum Gasteiger partial charge on any atom is -0.491 e. The van der Waals surface area contributed by atoms with E-state index in [4.69, 9.17) is 26.2 Å². The van der Waals surface area contributed by atoms with Crippen molar-refractivity contribution in [1.82, 2.24) is 0 Å². The van der Waals surface area contributed by atoms with Crippen LogP contribution in [0.5, 0.6) is 5.75 Å². The molecule has 0 amide bonds. The van der Waals surface area contributed by atoms with Gasteiger partial charge in [0.25, 0.3) is 0 Å². The molecule has 4 nitrogen and oxygen atoms in total. The lowest BCUT2D eigenvalue weighted by Gasteiger charge is -2.08. The first-order valence-corrected chi connectivity index (χ1v) is 5.33. The molecule has 5 heteroatoms. The lowest BCUT2D eigenvalue weighted by molar-refractivity contribution is -0.131. The molecule has 0 atom stereocenters. The van der Waals surface area contributed by atoms with Crippen LogP contribution in [0.15, 0.2) is 24.3 Å². The second kappa shape index (κ2) is 6.93. The predicted molar refractivity (Wildman–Crippen MR) is 65.5 cm³/mol. The number of methoxy groups -OCH3 is 1. The first kappa shape index (κ1) is 13.5. The number of halogens is 1. The Morgan fingerprint density at radius 3 is 2.88 bits per heavy atom. The summed E-state index contributed by atoms with van der Waals surface area (Å²) in [6.07, 6.45) is 2.48.